The average molecular weight is 602 g/mol. The Kier molecular flexibility index (Phi) is 14.8. The molecule has 0 nitrogen and oxygen atoms in total. The van der Waals surface area contributed by atoms with Gasteiger partial charge in [0.05, 0.1) is 0 Å². The minimum absolute atomic E-state index is 0. The van der Waals surface area contributed by atoms with Crippen molar-refractivity contribution in [3.8, 4) is 0 Å². The summed E-state index contributed by atoms with van der Waals surface area (Å²) in [5, 5.41) is 0. The molecule has 4 aromatic rings. The van der Waals surface area contributed by atoms with Crippen molar-refractivity contribution in [1.82, 2.24) is 0 Å². The summed E-state index contributed by atoms with van der Waals surface area (Å²) in [5.74, 6) is 0. The molecule has 4 rings (SSSR count). The van der Waals surface area contributed by atoms with Gasteiger partial charge in [-0.15, -0.1) is 5.56 Å². The molecule has 0 radical (unpaired) electrons. The first-order chi connectivity index (χ1) is 16.2. The first-order valence-corrected chi connectivity index (χ1v) is 12.8. The van der Waals surface area contributed by atoms with Crippen LogP contribution in [0, 0.1) is 41.5 Å². The Labute approximate surface area is 264 Å². The molecule has 0 unspecified atom stereocenters. The zero-order valence-electron chi connectivity index (χ0n) is 23.7. The molecule has 0 fully saturated rings. The van der Waals surface area contributed by atoms with Crippen molar-refractivity contribution in [2.24, 2.45) is 0 Å². The Morgan fingerprint density at radius 1 is 0.579 bits per heavy atom. The molecule has 200 valence electrons. The summed E-state index contributed by atoms with van der Waals surface area (Å²) in [4.78, 5) is 0. The summed E-state index contributed by atoms with van der Waals surface area (Å²) in [7, 11) is 0. The van der Waals surface area contributed by atoms with Gasteiger partial charge in [0.1, 0.15) is 0 Å². The summed E-state index contributed by atoms with van der Waals surface area (Å²) >= 11 is 0. The molecule has 0 atom stereocenters. The third-order valence-electron chi connectivity index (χ3n) is 7.07. The smallest absolute Gasteiger partial charge is 1.00 e. The molecule has 0 bridgehead atoms. The Hall–Kier alpha value is -1.41. The summed E-state index contributed by atoms with van der Waals surface area (Å²) in [6.07, 6.45) is 3.52. The number of halogens is 3. The van der Waals surface area contributed by atoms with Crippen molar-refractivity contribution in [3.05, 3.63) is 134 Å². The van der Waals surface area contributed by atoms with E-state index in [0.717, 1.165) is 6.42 Å². The topological polar surface area (TPSA) is 0 Å². The minimum Gasteiger partial charge on any atom is -1.00 e. The van der Waals surface area contributed by atoms with E-state index in [1.54, 1.807) is 0 Å². The molecule has 0 saturated heterocycles. The van der Waals surface area contributed by atoms with E-state index in [4.69, 9.17) is 0 Å². The van der Waals surface area contributed by atoms with E-state index in [2.05, 4.69) is 121 Å². The van der Waals surface area contributed by atoms with E-state index in [-0.39, 0.29) is 64.4 Å². The van der Waals surface area contributed by atoms with E-state index in [1.807, 2.05) is 0 Å². The van der Waals surface area contributed by atoms with Crippen molar-refractivity contribution in [1.29, 1.82) is 0 Å². The zero-order chi connectivity index (χ0) is 24.5. The first kappa shape index (κ1) is 36.6. The van der Waals surface area contributed by atoms with Gasteiger partial charge in [-0.2, -0.15) is 11.6 Å². The van der Waals surface area contributed by atoms with Gasteiger partial charge in [-0.1, -0.05) is 114 Å². The van der Waals surface area contributed by atoms with Crippen molar-refractivity contribution >= 4 is 0 Å². The Balaban J connectivity index is 0.00000342. The van der Waals surface area contributed by atoms with Crippen LogP contribution in [-0.2, 0) is 33.6 Å². The molecular formula is C34H39Cl3Ti. The van der Waals surface area contributed by atoms with E-state index >= 15 is 0 Å². The van der Waals surface area contributed by atoms with Crippen LogP contribution in [0.2, 0.25) is 0 Å². The number of hydrogen-bond donors (Lipinski definition) is 0. The first-order valence-electron chi connectivity index (χ1n) is 12.8. The van der Waals surface area contributed by atoms with Gasteiger partial charge < -0.3 is 37.2 Å². The van der Waals surface area contributed by atoms with Crippen LogP contribution in [0.3, 0.4) is 0 Å². The number of benzene rings is 3. The van der Waals surface area contributed by atoms with Gasteiger partial charge in [0.25, 0.3) is 0 Å². The maximum Gasteiger partial charge on any atom is 4.00 e. The van der Waals surface area contributed by atoms with Crippen LogP contribution < -0.4 is 37.2 Å². The Morgan fingerprint density at radius 3 is 1.24 bits per heavy atom. The maximum absolute atomic E-state index is 2.42. The van der Waals surface area contributed by atoms with Crippen LogP contribution in [0.1, 0.15) is 81.0 Å². The van der Waals surface area contributed by atoms with Crippen LogP contribution >= 0.6 is 0 Å². The second kappa shape index (κ2) is 15.4. The van der Waals surface area contributed by atoms with Crippen LogP contribution in [0.25, 0.3) is 0 Å². The number of hydrogen-bond acceptors (Lipinski definition) is 0. The summed E-state index contributed by atoms with van der Waals surface area (Å²) < 4.78 is 0. The van der Waals surface area contributed by atoms with E-state index < -0.39 is 0 Å². The molecule has 0 aliphatic rings. The predicted octanol–water partition coefficient (Wildman–Crippen LogP) is -0.00918. The monoisotopic (exact) mass is 600 g/mol. The van der Waals surface area contributed by atoms with Crippen LogP contribution in [0.5, 0.6) is 0 Å². The maximum atomic E-state index is 2.42. The van der Waals surface area contributed by atoms with E-state index in [9.17, 15) is 0 Å². The van der Waals surface area contributed by atoms with Gasteiger partial charge in [-0.05, 0) is 58.2 Å². The fourth-order valence-electron chi connectivity index (χ4n) is 5.95. The molecule has 0 spiro atoms. The van der Waals surface area contributed by atoms with Crippen molar-refractivity contribution in [2.75, 3.05) is 0 Å². The fraction of sp³-hybridized carbons (Fsp3) is 0.324. The SMILES string of the molecule is CCCCc1ccc[c-]1C(c1cc(C)cc(C)c1)(c1cc(C)cc(C)c1)c1cc(C)cc(C)c1.[Cl-].[Cl-].[Cl-].[Ti+4]. The number of rotatable bonds is 7. The Bertz CT molecular complexity index is 1130. The van der Waals surface area contributed by atoms with Crippen LogP contribution in [0.4, 0.5) is 0 Å². The van der Waals surface area contributed by atoms with Gasteiger partial charge in [0.15, 0.2) is 0 Å². The second-order valence-electron chi connectivity index (χ2n) is 10.4. The van der Waals surface area contributed by atoms with Gasteiger partial charge >= 0.3 is 21.7 Å². The van der Waals surface area contributed by atoms with Gasteiger partial charge in [0, 0.05) is 5.41 Å². The summed E-state index contributed by atoms with van der Waals surface area (Å²) in [6, 6.07) is 28.4. The Morgan fingerprint density at radius 2 is 0.921 bits per heavy atom. The summed E-state index contributed by atoms with van der Waals surface area (Å²) in [6.45, 7) is 15.7. The number of unbranched alkanes of at least 4 members (excludes halogenated alkanes) is 1. The molecule has 0 amide bonds. The van der Waals surface area contributed by atoms with Gasteiger partial charge in [-0.25, -0.2) is 12.1 Å². The van der Waals surface area contributed by atoms with Gasteiger partial charge in [0.2, 0.25) is 0 Å². The standard InChI is InChI=1S/C34H39.3ClH.Ti/c1-8-9-11-29-12-10-13-33(29)34(30-17-23(2)14-24(3)18-30,31-19-25(4)15-26(5)20-31)32-21-27(6)16-28(7)22-32;;;;/h10,12-22H,8-9,11H2,1-7H3;3*1H;/q-1;;;;+4/p-3. The molecule has 4 aromatic carbocycles. The van der Waals surface area contributed by atoms with E-state index in [1.165, 1.54) is 74.0 Å². The normalized spacial score (nSPS) is 10.5. The molecule has 4 heteroatoms. The van der Waals surface area contributed by atoms with Crippen LogP contribution in [0.15, 0.2) is 72.8 Å². The largest absolute Gasteiger partial charge is 4.00 e. The third kappa shape index (κ3) is 7.41. The van der Waals surface area contributed by atoms with Gasteiger partial charge in [-0.3, -0.25) is 0 Å². The molecule has 38 heavy (non-hydrogen) atoms. The molecule has 0 aliphatic heterocycles. The molecular weight excluding hydrogens is 563 g/mol. The molecule has 0 aromatic heterocycles. The predicted molar refractivity (Wildman–Crippen MR) is 147 cm³/mol. The molecule has 0 aliphatic carbocycles. The second-order valence-corrected chi connectivity index (χ2v) is 10.4. The quantitative estimate of drug-likeness (QED) is 0.159. The average Bonchev–Trinajstić information content (AvgIpc) is 3.19. The summed E-state index contributed by atoms with van der Waals surface area (Å²) in [5.41, 5.74) is 14.5. The van der Waals surface area contributed by atoms with Crippen molar-refractivity contribution < 1.29 is 58.9 Å². The van der Waals surface area contributed by atoms with Crippen molar-refractivity contribution in [2.45, 2.75) is 73.1 Å². The van der Waals surface area contributed by atoms with Crippen molar-refractivity contribution in [3.63, 3.8) is 0 Å². The third-order valence-corrected chi connectivity index (χ3v) is 7.07. The fourth-order valence-corrected chi connectivity index (χ4v) is 5.95. The van der Waals surface area contributed by atoms with Crippen LogP contribution in [-0.4, -0.2) is 0 Å². The zero-order valence-corrected chi connectivity index (χ0v) is 27.5. The molecule has 0 N–H and O–H groups in total. The minimum atomic E-state index is -0.364. The molecule has 0 heterocycles. The number of aryl methyl sites for hydroxylation is 7. The van der Waals surface area contributed by atoms with E-state index in [0.29, 0.717) is 0 Å². The molecule has 0 saturated carbocycles.